The highest BCUT2D eigenvalue weighted by Gasteiger charge is 2.12. The Balaban J connectivity index is 2.51. The van der Waals surface area contributed by atoms with Gasteiger partial charge in [0.25, 0.3) is 0 Å². The Bertz CT molecular complexity index is 316. The predicted octanol–water partition coefficient (Wildman–Crippen LogP) is 2.42. The summed E-state index contributed by atoms with van der Waals surface area (Å²) in [6, 6.07) is 3.17. The minimum Gasteiger partial charge on any atom is -0.392 e. The summed E-state index contributed by atoms with van der Waals surface area (Å²) in [5, 5.41) is 12.9. The standard InChI is InChI=1S/C13H21FN2O/c1-3-5-11(17)9-16-12(4-2)13-7-6-10(14)8-15-13/h6-8,11-12,16-17H,3-5,9H2,1-2H3. The summed E-state index contributed by atoms with van der Waals surface area (Å²) in [6.07, 6.45) is 3.52. The van der Waals surface area contributed by atoms with E-state index in [4.69, 9.17) is 0 Å². The maximum Gasteiger partial charge on any atom is 0.141 e. The molecule has 4 heteroatoms. The van der Waals surface area contributed by atoms with Gasteiger partial charge in [-0.2, -0.15) is 0 Å². The molecule has 0 saturated heterocycles. The zero-order chi connectivity index (χ0) is 12.7. The van der Waals surface area contributed by atoms with Gasteiger partial charge in [-0.15, -0.1) is 0 Å². The predicted molar refractivity (Wildman–Crippen MR) is 66.1 cm³/mol. The zero-order valence-electron chi connectivity index (χ0n) is 10.5. The van der Waals surface area contributed by atoms with Gasteiger partial charge in [0.2, 0.25) is 0 Å². The van der Waals surface area contributed by atoms with Crippen LogP contribution in [0.1, 0.15) is 44.8 Å². The van der Waals surface area contributed by atoms with E-state index in [1.165, 1.54) is 12.3 Å². The highest BCUT2D eigenvalue weighted by Crippen LogP contribution is 2.14. The third-order valence-electron chi connectivity index (χ3n) is 2.74. The number of rotatable bonds is 7. The van der Waals surface area contributed by atoms with Crippen LogP contribution < -0.4 is 5.32 Å². The number of nitrogens with one attached hydrogen (secondary N) is 1. The molecular formula is C13H21FN2O. The Labute approximate surface area is 102 Å². The van der Waals surface area contributed by atoms with Gasteiger partial charge >= 0.3 is 0 Å². The highest BCUT2D eigenvalue weighted by atomic mass is 19.1. The molecule has 0 aliphatic heterocycles. The van der Waals surface area contributed by atoms with Crippen molar-refractivity contribution in [2.24, 2.45) is 0 Å². The SMILES string of the molecule is CCCC(O)CNC(CC)c1ccc(F)cn1. The van der Waals surface area contributed by atoms with E-state index in [2.05, 4.69) is 10.3 Å². The van der Waals surface area contributed by atoms with Crippen molar-refractivity contribution in [3.63, 3.8) is 0 Å². The van der Waals surface area contributed by atoms with Crippen LogP contribution in [0.4, 0.5) is 4.39 Å². The summed E-state index contributed by atoms with van der Waals surface area (Å²) >= 11 is 0. The third-order valence-corrected chi connectivity index (χ3v) is 2.74. The molecule has 0 saturated carbocycles. The topological polar surface area (TPSA) is 45.1 Å². The van der Waals surface area contributed by atoms with Crippen LogP contribution in [0.2, 0.25) is 0 Å². The van der Waals surface area contributed by atoms with E-state index >= 15 is 0 Å². The summed E-state index contributed by atoms with van der Waals surface area (Å²) < 4.78 is 12.7. The number of aromatic nitrogens is 1. The molecule has 0 aliphatic carbocycles. The Morgan fingerprint density at radius 2 is 2.18 bits per heavy atom. The van der Waals surface area contributed by atoms with E-state index < -0.39 is 0 Å². The van der Waals surface area contributed by atoms with Crippen LogP contribution in [0.15, 0.2) is 18.3 Å². The summed E-state index contributed by atoms with van der Waals surface area (Å²) in [5.41, 5.74) is 0.817. The fourth-order valence-corrected chi connectivity index (χ4v) is 1.77. The molecule has 0 spiro atoms. The van der Waals surface area contributed by atoms with Crippen LogP contribution >= 0.6 is 0 Å². The maximum atomic E-state index is 12.7. The fraction of sp³-hybridized carbons (Fsp3) is 0.615. The lowest BCUT2D eigenvalue weighted by atomic mass is 10.1. The molecule has 0 bridgehead atoms. The second-order valence-corrected chi connectivity index (χ2v) is 4.21. The molecule has 0 amide bonds. The molecule has 1 rings (SSSR count). The van der Waals surface area contributed by atoms with Crippen molar-refractivity contribution >= 4 is 0 Å². The Morgan fingerprint density at radius 1 is 1.41 bits per heavy atom. The molecule has 1 aromatic heterocycles. The third kappa shape index (κ3) is 4.79. The van der Waals surface area contributed by atoms with Gasteiger partial charge in [0, 0.05) is 12.6 Å². The van der Waals surface area contributed by atoms with Crippen LogP contribution in [0.25, 0.3) is 0 Å². The zero-order valence-corrected chi connectivity index (χ0v) is 10.5. The molecule has 96 valence electrons. The van der Waals surface area contributed by atoms with Crippen molar-refractivity contribution in [2.45, 2.75) is 45.3 Å². The van der Waals surface area contributed by atoms with Crippen molar-refractivity contribution in [3.05, 3.63) is 29.8 Å². The molecule has 0 radical (unpaired) electrons. The lowest BCUT2D eigenvalue weighted by molar-refractivity contribution is 0.155. The van der Waals surface area contributed by atoms with Crippen molar-refractivity contribution in [1.82, 2.24) is 10.3 Å². The first-order chi connectivity index (χ1) is 8.17. The lowest BCUT2D eigenvalue weighted by Crippen LogP contribution is -2.30. The largest absolute Gasteiger partial charge is 0.392 e. The molecule has 0 aromatic carbocycles. The number of nitrogens with zero attached hydrogens (tertiary/aromatic N) is 1. The van der Waals surface area contributed by atoms with E-state index in [-0.39, 0.29) is 18.0 Å². The average Bonchev–Trinajstić information content (AvgIpc) is 2.32. The number of hydrogen-bond donors (Lipinski definition) is 2. The first-order valence-corrected chi connectivity index (χ1v) is 6.20. The summed E-state index contributed by atoms with van der Waals surface area (Å²) in [4.78, 5) is 4.05. The quantitative estimate of drug-likeness (QED) is 0.769. The molecule has 1 aromatic rings. The van der Waals surface area contributed by atoms with Crippen LogP contribution in [-0.4, -0.2) is 22.7 Å². The summed E-state index contributed by atoms with van der Waals surface area (Å²) in [6.45, 7) is 4.63. The molecule has 2 N–H and O–H groups in total. The molecule has 2 unspecified atom stereocenters. The Kier molecular flexibility index (Phi) is 6.08. The molecular weight excluding hydrogens is 219 g/mol. The molecule has 3 nitrogen and oxygen atoms in total. The van der Waals surface area contributed by atoms with Gasteiger partial charge in [0.05, 0.1) is 18.0 Å². The minimum atomic E-state index is -0.325. The van der Waals surface area contributed by atoms with Gasteiger partial charge in [0.1, 0.15) is 5.82 Å². The van der Waals surface area contributed by atoms with E-state index in [1.54, 1.807) is 6.07 Å². The van der Waals surface area contributed by atoms with Gasteiger partial charge < -0.3 is 10.4 Å². The second kappa shape index (κ2) is 7.35. The number of aliphatic hydroxyl groups is 1. The first-order valence-electron chi connectivity index (χ1n) is 6.20. The molecule has 0 fully saturated rings. The van der Waals surface area contributed by atoms with Gasteiger partial charge in [-0.1, -0.05) is 20.3 Å². The van der Waals surface area contributed by atoms with Gasteiger partial charge in [0.15, 0.2) is 0 Å². The van der Waals surface area contributed by atoms with Gasteiger partial charge in [-0.3, -0.25) is 4.98 Å². The first kappa shape index (κ1) is 14.1. The van der Waals surface area contributed by atoms with Gasteiger partial charge in [-0.25, -0.2) is 4.39 Å². The van der Waals surface area contributed by atoms with Crippen molar-refractivity contribution < 1.29 is 9.50 Å². The average molecular weight is 240 g/mol. The Hall–Kier alpha value is -1.00. The molecule has 1 heterocycles. The molecule has 0 aliphatic rings. The minimum absolute atomic E-state index is 0.0714. The fourth-order valence-electron chi connectivity index (χ4n) is 1.77. The number of halogens is 1. The van der Waals surface area contributed by atoms with Crippen molar-refractivity contribution in [1.29, 1.82) is 0 Å². The maximum absolute atomic E-state index is 12.7. The van der Waals surface area contributed by atoms with E-state index in [1.807, 2.05) is 13.8 Å². The van der Waals surface area contributed by atoms with E-state index in [0.29, 0.717) is 6.54 Å². The number of aliphatic hydroxyl groups excluding tert-OH is 1. The lowest BCUT2D eigenvalue weighted by Gasteiger charge is -2.18. The highest BCUT2D eigenvalue weighted by molar-refractivity contribution is 5.09. The normalized spacial score (nSPS) is 14.6. The monoisotopic (exact) mass is 240 g/mol. The van der Waals surface area contributed by atoms with E-state index in [0.717, 1.165) is 25.0 Å². The van der Waals surface area contributed by atoms with Crippen LogP contribution in [-0.2, 0) is 0 Å². The van der Waals surface area contributed by atoms with Crippen molar-refractivity contribution in [3.8, 4) is 0 Å². The number of pyridine rings is 1. The smallest absolute Gasteiger partial charge is 0.141 e. The van der Waals surface area contributed by atoms with E-state index in [9.17, 15) is 9.50 Å². The summed E-state index contributed by atoms with van der Waals surface area (Å²) in [5.74, 6) is -0.324. The van der Waals surface area contributed by atoms with Crippen LogP contribution in [0, 0.1) is 5.82 Å². The summed E-state index contributed by atoms with van der Waals surface area (Å²) in [7, 11) is 0. The molecule has 2 atom stereocenters. The van der Waals surface area contributed by atoms with Gasteiger partial charge in [-0.05, 0) is 25.0 Å². The van der Waals surface area contributed by atoms with Crippen LogP contribution in [0.5, 0.6) is 0 Å². The number of hydrogen-bond acceptors (Lipinski definition) is 3. The van der Waals surface area contributed by atoms with Crippen LogP contribution in [0.3, 0.4) is 0 Å². The van der Waals surface area contributed by atoms with Crippen molar-refractivity contribution in [2.75, 3.05) is 6.54 Å². The Morgan fingerprint density at radius 3 is 2.71 bits per heavy atom. The molecule has 17 heavy (non-hydrogen) atoms. The second-order valence-electron chi connectivity index (χ2n) is 4.21.